The fourth-order valence-electron chi connectivity index (χ4n) is 2.52. The third-order valence-corrected chi connectivity index (χ3v) is 3.60. The zero-order chi connectivity index (χ0) is 14.1. The predicted molar refractivity (Wildman–Crippen MR) is 79.1 cm³/mol. The minimum atomic E-state index is 0.768. The number of hydrogen-bond donors (Lipinski definition) is 1. The number of nitrogens with zero attached hydrogens (tertiary/aromatic N) is 6. The van der Waals surface area contributed by atoms with Crippen molar-refractivity contribution in [3.05, 3.63) is 36.9 Å². The van der Waals surface area contributed by atoms with Crippen molar-refractivity contribution in [3.63, 3.8) is 0 Å². The van der Waals surface area contributed by atoms with E-state index in [1.165, 1.54) is 0 Å². The zero-order valence-electron chi connectivity index (χ0n) is 11.5. The normalized spacial score (nSPS) is 15.5. The molecule has 1 aliphatic heterocycles. The summed E-state index contributed by atoms with van der Waals surface area (Å²) < 4.78 is 1.75. The second kappa shape index (κ2) is 5.10. The van der Waals surface area contributed by atoms with Crippen LogP contribution < -0.4 is 10.2 Å². The topological polar surface area (TPSA) is 71.2 Å². The molecule has 0 aromatic carbocycles. The Kier molecular flexibility index (Phi) is 2.97. The van der Waals surface area contributed by atoms with Gasteiger partial charge in [0.05, 0.1) is 17.5 Å². The lowest BCUT2D eigenvalue weighted by Gasteiger charge is -2.27. The number of aromatic nitrogens is 5. The van der Waals surface area contributed by atoms with E-state index in [1.54, 1.807) is 23.1 Å². The van der Waals surface area contributed by atoms with Gasteiger partial charge in [-0.1, -0.05) is 0 Å². The zero-order valence-corrected chi connectivity index (χ0v) is 11.5. The molecule has 0 saturated carbocycles. The van der Waals surface area contributed by atoms with E-state index in [4.69, 9.17) is 0 Å². The van der Waals surface area contributed by atoms with E-state index in [2.05, 4.69) is 30.3 Å². The minimum absolute atomic E-state index is 0.768. The maximum absolute atomic E-state index is 4.68. The van der Waals surface area contributed by atoms with E-state index in [9.17, 15) is 0 Å². The first-order chi connectivity index (χ1) is 10.4. The van der Waals surface area contributed by atoms with Crippen LogP contribution in [0.15, 0.2) is 36.9 Å². The van der Waals surface area contributed by atoms with E-state index in [1.807, 2.05) is 18.3 Å². The summed E-state index contributed by atoms with van der Waals surface area (Å²) in [7, 11) is 0. The number of rotatable bonds is 2. The number of nitrogens with one attached hydrogen (secondary N) is 1. The van der Waals surface area contributed by atoms with Gasteiger partial charge in [-0.2, -0.15) is 5.10 Å². The van der Waals surface area contributed by atoms with Crippen LogP contribution in [0.1, 0.15) is 0 Å². The highest BCUT2D eigenvalue weighted by molar-refractivity contribution is 5.74. The van der Waals surface area contributed by atoms with E-state index >= 15 is 0 Å². The van der Waals surface area contributed by atoms with Gasteiger partial charge in [0.25, 0.3) is 0 Å². The van der Waals surface area contributed by atoms with Gasteiger partial charge in [0.2, 0.25) is 5.95 Å². The molecule has 1 saturated heterocycles. The highest BCUT2D eigenvalue weighted by Crippen LogP contribution is 2.22. The summed E-state index contributed by atoms with van der Waals surface area (Å²) in [5, 5.41) is 7.64. The highest BCUT2D eigenvalue weighted by atomic mass is 15.3. The van der Waals surface area contributed by atoms with Crippen molar-refractivity contribution in [1.82, 2.24) is 29.9 Å². The first-order valence-corrected chi connectivity index (χ1v) is 6.99. The summed E-state index contributed by atoms with van der Waals surface area (Å²) >= 11 is 0. The highest BCUT2D eigenvalue weighted by Gasteiger charge is 2.15. The molecule has 0 bridgehead atoms. The average Bonchev–Trinajstić information content (AvgIpc) is 3.00. The van der Waals surface area contributed by atoms with E-state index in [0.29, 0.717) is 0 Å². The van der Waals surface area contributed by atoms with E-state index in [-0.39, 0.29) is 0 Å². The summed E-state index contributed by atoms with van der Waals surface area (Å²) in [5.74, 6) is 0.768. The quantitative estimate of drug-likeness (QED) is 0.741. The Morgan fingerprint density at radius 3 is 2.90 bits per heavy atom. The number of fused-ring (bicyclic) bond motifs is 1. The van der Waals surface area contributed by atoms with Gasteiger partial charge in [-0.05, 0) is 12.1 Å². The van der Waals surface area contributed by atoms with Crippen LogP contribution in [0, 0.1) is 0 Å². The van der Waals surface area contributed by atoms with Crippen molar-refractivity contribution in [1.29, 1.82) is 0 Å². The lowest BCUT2D eigenvalue weighted by molar-refractivity contribution is 0.580. The van der Waals surface area contributed by atoms with Gasteiger partial charge in [0.1, 0.15) is 0 Å². The van der Waals surface area contributed by atoms with Crippen LogP contribution in [-0.2, 0) is 0 Å². The van der Waals surface area contributed by atoms with Crippen molar-refractivity contribution in [2.45, 2.75) is 0 Å². The molecule has 1 fully saturated rings. The molecule has 4 heterocycles. The van der Waals surface area contributed by atoms with Crippen molar-refractivity contribution in [2.75, 3.05) is 31.1 Å². The second-order valence-corrected chi connectivity index (χ2v) is 4.93. The molecule has 0 radical (unpaired) electrons. The molecule has 3 aromatic heterocycles. The maximum atomic E-state index is 4.68. The van der Waals surface area contributed by atoms with Gasteiger partial charge < -0.3 is 10.2 Å². The standard InChI is InChI=1S/C14H15N7/c1-3-16-13-11(10-18-21(13)7-1)12-2-4-17-14(19-12)20-8-5-15-6-9-20/h1-4,7,10,15H,5-6,8-9H2. The molecule has 0 atom stereocenters. The number of anilines is 1. The fourth-order valence-corrected chi connectivity index (χ4v) is 2.52. The molecule has 1 N–H and O–H groups in total. The Hall–Kier alpha value is -2.54. The van der Waals surface area contributed by atoms with Crippen molar-refractivity contribution in [3.8, 4) is 11.3 Å². The molecule has 3 aromatic rings. The van der Waals surface area contributed by atoms with Crippen molar-refractivity contribution < 1.29 is 0 Å². The maximum Gasteiger partial charge on any atom is 0.225 e. The molecular formula is C14H15N7. The van der Waals surface area contributed by atoms with Crippen LogP contribution in [-0.4, -0.2) is 50.7 Å². The van der Waals surface area contributed by atoms with Gasteiger partial charge in [-0.3, -0.25) is 0 Å². The molecule has 0 aliphatic carbocycles. The molecule has 4 rings (SSSR count). The van der Waals surface area contributed by atoms with Gasteiger partial charge in [-0.15, -0.1) is 0 Å². The summed E-state index contributed by atoms with van der Waals surface area (Å²) in [6.07, 6.45) is 7.24. The molecule has 0 unspecified atom stereocenters. The molecular weight excluding hydrogens is 266 g/mol. The van der Waals surface area contributed by atoms with Gasteiger partial charge in [0.15, 0.2) is 5.65 Å². The van der Waals surface area contributed by atoms with Crippen molar-refractivity contribution >= 4 is 11.6 Å². The largest absolute Gasteiger partial charge is 0.338 e. The molecule has 1 aliphatic rings. The van der Waals surface area contributed by atoms with Crippen LogP contribution >= 0.6 is 0 Å². The lowest BCUT2D eigenvalue weighted by Crippen LogP contribution is -2.44. The Balaban J connectivity index is 1.75. The fraction of sp³-hybridized carbons (Fsp3) is 0.286. The smallest absolute Gasteiger partial charge is 0.225 e. The summed E-state index contributed by atoms with van der Waals surface area (Å²) in [4.78, 5) is 15.6. The average molecular weight is 281 g/mol. The molecule has 0 spiro atoms. The van der Waals surface area contributed by atoms with Crippen LogP contribution in [0.25, 0.3) is 16.9 Å². The number of piperazine rings is 1. The van der Waals surface area contributed by atoms with Gasteiger partial charge >= 0.3 is 0 Å². The van der Waals surface area contributed by atoms with Crippen LogP contribution in [0.3, 0.4) is 0 Å². The van der Waals surface area contributed by atoms with E-state index < -0.39 is 0 Å². The summed E-state index contributed by atoms with van der Waals surface area (Å²) in [6, 6.07) is 3.76. The lowest BCUT2D eigenvalue weighted by atomic mass is 10.2. The monoisotopic (exact) mass is 281 g/mol. The Morgan fingerprint density at radius 1 is 1.10 bits per heavy atom. The SMILES string of the molecule is c1cnc2c(-c3ccnc(N4CCNCC4)n3)cnn2c1. The molecule has 21 heavy (non-hydrogen) atoms. The number of hydrogen-bond acceptors (Lipinski definition) is 6. The van der Waals surface area contributed by atoms with Crippen LogP contribution in [0.4, 0.5) is 5.95 Å². The Bertz CT molecular complexity index is 761. The third kappa shape index (κ3) is 2.21. The first kappa shape index (κ1) is 12.2. The third-order valence-electron chi connectivity index (χ3n) is 3.60. The predicted octanol–water partition coefficient (Wildman–Crippen LogP) is 0.596. The molecule has 106 valence electrons. The van der Waals surface area contributed by atoms with Crippen LogP contribution in [0.5, 0.6) is 0 Å². The van der Waals surface area contributed by atoms with Gasteiger partial charge in [0, 0.05) is 44.8 Å². The molecule has 0 amide bonds. The minimum Gasteiger partial charge on any atom is -0.338 e. The molecule has 7 nitrogen and oxygen atoms in total. The Labute approximate surface area is 121 Å². The van der Waals surface area contributed by atoms with Gasteiger partial charge in [-0.25, -0.2) is 19.5 Å². The van der Waals surface area contributed by atoms with E-state index in [0.717, 1.165) is 49.0 Å². The second-order valence-electron chi connectivity index (χ2n) is 4.93. The van der Waals surface area contributed by atoms with Crippen molar-refractivity contribution in [2.24, 2.45) is 0 Å². The summed E-state index contributed by atoms with van der Waals surface area (Å²) in [5.41, 5.74) is 2.59. The summed E-state index contributed by atoms with van der Waals surface area (Å²) in [6.45, 7) is 3.78. The first-order valence-electron chi connectivity index (χ1n) is 6.99. The Morgan fingerprint density at radius 2 is 2.00 bits per heavy atom. The van der Waals surface area contributed by atoms with Crippen LogP contribution in [0.2, 0.25) is 0 Å². The molecule has 7 heteroatoms.